The van der Waals surface area contributed by atoms with Crippen LogP contribution in [0.1, 0.15) is 12.7 Å². The number of anilines is 1. The van der Waals surface area contributed by atoms with Crippen LogP contribution in [-0.4, -0.2) is 45.3 Å². The molecule has 2 heterocycles. The highest BCUT2D eigenvalue weighted by Gasteiger charge is 2.11. The van der Waals surface area contributed by atoms with Gasteiger partial charge in [-0.2, -0.15) is 5.10 Å². The number of nitrogens with one attached hydrogen (secondary N) is 1. The van der Waals surface area contributed by atoms with Crippen molar-refractivity contribution in [3.05, 3.63) is 12.0 Å². The highest BCUT2D eigenvalue weighted by molar-refractivity contribution is 5.86. The Labute approximate surface area is 101 Å². The van der Waals surface area contributed by atoms with Gasteiger partial charge in [0.05, 0.1) is 18.1 Å². The van der Waals surface area contributed by atoms with Crippen molar-refractivity contribution in [2.45, 2.75) is 13.5 Å². The molecule has 2 rings (SSSR count). The lowest BCUT2D eigenvalue weighted by molar-refractivity contribution is 0.337. The third kappa shape index (κ3) is 2.21. The van der Waals surface area contributed by atoms with Gasteiger partial charge in [0.1, 0.15) is 11.6 Å². The van der Waals surface area contributed by atoms with Gasteiger partial charge in [0.15, 0.2) is 5.65 Å². The third-order valence-electron chi connectivity index (χ3n) is 2.83. The van der Waals surface area contributed by atoms with E-state index < -0.39 is 0 Å². The van der Waals surface area contributed by atoms with Gasteiger partial charge in [-0.1, -0.05) is 6.92 Å². The van der Waals surface area contributed by atoms with Crippen molar-refractivity contribution >= 4 is 16.9 Å². The zero-order chi connectivity index (χ0) is 12.4. The van der Waals surface area contributed by atoms with Gasteiger partial charge in [-0.05, 0) is 13.6 Å². The quantitative estimate of drug-likeness (QED) is 0.850. The second-order valence-electron chi connectivity index (χ2n) is 4.07. The fraction of sp³-hybridized carbons (Fsp3) is 0.545. The van der Waals surface area contributed by atoms with Crippen LogP contribution in [0, 0.1) is 0 Å². The predicted octanol–water partition coefficient (Wildman–Crippen LogP) is 0.857. The minimum absolute atomic E-state index is 0.742. The lowest BCUT2D eigenvalue weighted by atomic mass is 10.3. The largest absolute Gasteiger partial charge is 0.372 e. The number of rotatable bonds is 4. The van der Waals surface area contributed by atoms with Crippen molar-refractivity contribution in [3.63, 3.8) is 0 Å². The molecule has 2 aromatic heterocycles. The van der Waals surface area contributed by atoms with Gasteiger partial charge in [0.2, 0.25) is 0 Å². The Morgan fingerprint density at radius 2 is 2.18 bits per heavy atom. The number of hydrogen-bond donors (Lipinski definition) is 1. The van der Waals surface area contributed by atoms with Crippen LogP contribution in [0.5, 0.6) is 0 Å². The number of nitrogens with zero attached hydrogens (tertiary/aromatic N) is 5. The smallest absolute Gasteiger partial charge is 0.163 e. The molecule has 0 aliphatic heterocycles. The maximum atomic E-state index is 4.54. The molecule has 0 amide bonds. The number of hydrogen-bond acceptors (Lipinski definition) is 5. The molecule has 0 spiro atoms. The molecular weight excluding hydrogens is 216 g/mol. The zero-order valence-electron chi connectivity index (χ0n) is 10.7. The van der Waals surface area contributed by atoms with Crippen molar-refractivity contribution in [1.82, 2.24) is 24.6 Å². The van der Waals surface area contributed by atoms with Crippen LogP contribution in [0.3, 0.4) is 0 Å². The molecule has 0 unspecified atom stereocenters. The molecule has 6 heteroatoms. The van der Waals surface area contributed by atoms with Crippen LogP contribution < -0.4 is 5.32 Å². The summed E-state index contributed by atoms with van der Waals surface area (Å²) in [5.41, 5.74) is 0.865. The van der Waals surface area contributed by atoms with Crippen molar-refractivity contribution in [2.75, 3.05) is 26.0 Å². The lowest BCUT2D eigenvalue weighted by Crippen LogP contribution is -2.19. The van der Waals surface area contributed by atoms with Crippen molar-refractivity contribution in [3.8, 4) is 0 Å². The van der Waals surface area contributed by atoms with Crippen molar-refractivity contribution in [1.29, 1.82) is 0 Å². The van der Waals surface area contributed by atoms with E-state index in [-0.39, 0.29) is 0 Å². The molecule has 0 fully saturated rings. The maximum Gasteiger partial charge on any atom is 0.163 e. The summed E-state index contributed by atoms with van der Waals surface area (Å²) >= 11 is 0. The van der Waals surface area contributed by atoms with E-state index in [0.29, 0.717) is 0 Å². The minimum atomic E-state index is 0.742. The van der Waals surface area contributed by atoms with Crippen LogP contribution in [0.15, 0.2) is 6.20 Å². The molecule has 1 N–H and O–H groups in total. The number of aryl methyl sites for hydroxylation is 1. The molecule has 0 bridgehead atoms. The van der Waals surface area contributed by atoms with Gasteiger partial charge in [-0.25, -0.2) is 9.97 Å². The normalized spacial score (nSPS) is 11.4. The van der Waals surface area contributed by atoms with E-state index in [4.69, 9.17) is 0 Å². The summed E-state index contributed by atoms with van der Waals surface area (Å²) in [5.74, 6) is 1.65. The lowest BCUT2D eigenvalue weighted by Gasteiger charge is -2.13. The van der Waals surface area contributed by atoms with Crippen LogP contribution in [0.4, 0.5) is 5.82 Å². The van der Waals surface area contributed by atoms with E-state index in [1.165, 1.54) is 0 Å². The average Bonchev–Trinajstić information content (AvgIpc) is 2.70. The molecule has 0 atom stereocenters. The molecular formula is C11H18N6. The Hall–Kier alpha value is -1.69. The minimum Gasteiger partial charge on any atom is -0.372 e. The Morgan fingerprint density at radius 3 is 2.82 bits per heavy atom. The Bertz CT molecular complexity index is 518. The standard InChI is InChI=1S/C11H18N6/c1-5-16(3)7-9-14-10(12-2)8-6-13-17(4)11(8)15-9/h6H,5,7H2,1-4H3,(H,12,14,15). The fourth-order valence-electron chi connectivity index (χ4n) is 1.68. The van der Waals surface area contributed by atoms with Crippen molar-refractivity contribution in [2.24, 2.45) is 7.05 Å². The van der Waals surface area contributed by atoms with E-state index in [1.54, 1.807) is 10.9 Å². The van der Waals surface area contributed by atoms with E-state index in [2.05, 4.69) is 39.3 Å². The zero-order valence-corrected chi connectivity index (χ0v) is 10.7. The van der Waals surface area contributed by atoms with Gasteiger partial charge in [-0.15, -0.1) is 0 Å². The predicted molar refractivity (Wildman–Crippen MR) is 67.9 cm³/mol. The van der Waals surface area contributed by atoms with E-state index in [0.717, 1.165) is 35.8 Å². The number of fused-ring (bicyclic) bond motifs is 1. The van der Waals surface area contributed by atoms with Crippen LogP contribution in [0.2, 0.25) is 0 Å². The fourth-order valence-corrected chi connectivity index (χ4v) is 1.68. The van der Waals surface area contributed by atoms with E-state index >= 15 is 0 Å². The summed E-state index contributed by atoms with van der Waals surface area (Å²) in [4.78, 5) is 11.2. The van der Waals surface area contributed by atoms with Crippen LogP contribution in [0.25, 0.3) is 11.0 Å². The third-order valence-corrected chi connectivity index (χ3v) is 2.83. The Morgan fingerprint density at radius 1 is 1.41 bits per heavy atom. The summed E-state index contributed by atoms with van der Waals surface area (Å²) in [7, 11) is 5.81. The first-order valence-corrected chi connectivity index (χ1v) is 5.70. The van der Waals surface area contributed by atoms with E-state index in [1.807, 2.05) is 14.1 Å². The Kier molecular flexibility index (Phi) is 3.23. The molecule has 2 aromatic rings. The van der Waals surface area contributed by atoms with Gasteiger partial charge >= 0.3 is 0 Å². The first-order chi connectivity index (χ1) is 8.15. The summed E-state index contributed by atoms with van der Waals surface area (Å²) in [6.45, 7) is 3.83. The van der Waals surface area contributed by atoms with Gasteiger partial charge in [-0.3, -0.25) is 9.58 Å². The molecule has 0 saturated carbocycles. The second-order valence-corrected chi connectivity index (χ2v) is 4.07. The number of aromatic nitrogens is 4. The highest BCUT2D eigenvalue weighted by Crippen LogP contribution is 2.19. The first-order valence-electron chi connectivity index (χ1n) is 5.70. The SMILES string of the molecule is CCN(C)Cc1nc(NC)c2cnn(C)c2n1. The van der Waals surface area contributed by atoms with Gasteiger partial charge < -0.3 is 5.32 Å². The highest BCUT2D eigenvalue weighted by atomic mass is 15.3. The molecule has 0 radical (unpaired) electrons. The van der Waals surface area contributed by atoms with Gasteiger partial charge in [0, 0.05) is 14.1 Å². The first kappa shape index (κ1) is 11.8. The Balaban J connectivity index is 2.47. The van der Waals surface area contributed by atoms with E-state index in [9.17, 15) is 0 Å². The summed E-state index contributed by atoms with van der Waals surface area (Å²) in [5, 5.41) is 8.25. The molecule has 92 valence electrons. The molecule has 0 aromatic carbocycles. The second kappa shape index (κ2) is 4.67. The maximum absolute atomic E-state index is 4.54. The summed E-state index contributed by atoms with van der Waals surface area (Å²) in [6, 6.07) is 0. The van der Waals surface area contributed by atoms with Crippen LogP contribution >= 0.6 is 0 Å². The molecule has 17 heavy (non-hydrogen) atoms. The average molecular weight is 234 g/mol. The topological polar surface area (TPSA) is 58.9 Å². The molecule has 0 aliphatic carbocycles. The molecule has 0 saturated heterocycles. The summed E-state index contributed by atoms with van der Waals surface area (Å²) in [6.07, 6.45) is 1.79. The van der Waals surface area contributed by atoms with Crippen molar-refractivity contribution < 1.29 is 0 Å². The summed E-state index contributed by atoms with van der Waals surface area (Å²) < 4.78 is 1.77. The van der Waals surface area contributed by atoms with Crippen LogP contribution in [-0.2, 0) is 13.6 Å². The molecule has 6 nitrogen and oxygen atoms in total. The van der Waals surface area contributed by atoms with Gasteiger partial charge in [0.25, 0.3) is 0 Å². The molecule has 0 aliphatic rings. The monoisotopic (exact) mass is 234 g/mol.